The molecule has 134 valence electrons. The minimum Gasteiger partial charge on any atom is -0.359 e. The number of piperidine rings is 1. The third kappa shape index (κ3) is 3.81. The van der Waals surface area contributed by atoms with Crippen LogP contribution in [0, 0.1) is 12.8 Å². The summed E-state index contributed by atoms with van der Waals surface area (Å²) in [4.78, 5) is 18.4. The van der Waals surface area contributed by atoms with Crippen molar-refractivity contribution in [2.75, 3.05) is 18.4 Å². The predicted octanol–water partition coefficient (Wildman–Crippen LogP) is 4.33. The Morgan fingerprint density at radius 2 is 1.88 bits per heavy atom. The Morgan fingerprint density at radius 3 is 2.65 bits per heavy atom. The molecular formula is C22H25N3O. The van der Waals surface area contributed by atoms with Crippen molar-refractivity contribution in [3.63, 3.8) is 0 Å². The number of likely N-dealkylation sites (tertiary alicyclic amines) is 1. The molecule has 4 rings (SSSR count). The average Bonchev–Trinajstić information content (AvgIpc) is 3.02. The molecule has 0 radical (unpaired) electrons. The van der Waals surface area contributed by atoms with Crippen molar-refractivity contribution in [2.24, 2.45) is 5.92 Å². The van der Waals surface area contributed by atoms with Gasteiger partial charge in [-0.15, -0.1) is 0 Å². The van der Waals surface area contributed by atoms with Gasteiger partial charge in [0.25, 0.3) is 0 Å². The van der Waals surface area contributed by atoms with Crippen LogP contribution in [0.3, 0.4) is 0 Å². The number of hydrogen-bond donors (Lipinski definition) is 2. The van der Waals surface area contributed by atoms with Crippen molar-refractivity contribution in [2.45, 2.75) is 26.3 Å². The van der Waals surface area contributed by atoms with Gasteiger partial charge in [-0.2, -0.15) is 0 Å². The molecule has 2 heterocycles. The van der Waals surface area contributed by atoms with E-state index in [2.05, 4.69) is 45.5 Å². The highest BCUT2D eigenvalue weighted by Gasteiger charge is 2.25. The molecule has 1 amide bonds. The lowest BCUT2D eigenvalue weighted by molar-refractivity contribution is -0.121. The topological polar surface area (TPSA) is 48.1 Å². The molecule has 4 nitrogen and oxygen atoms in total. The summed E-state index contributed by atoms with van der Waals surface area (Å²) in [5, 5.41) is 4.24. The first-order valence-electron chi connectivity index (χ1n) is 9.34. The lowest BCUT2D eigenvalue weighted by Crippen LogP contribution is -2.37. The van der Waals surface area contributed by atoms with Gasteiger partial charge >= 0.3 is 0 Å². The van der Waals surface area contributed by atoms with E-state index in [0.717, 1.165) is 54.8 Å². The van der Waals surface area contributed by atoms with Crippen LogP contribution in [-0.4, -0.2) is 28.9 Å². The number of hydrogen-bond acceptors (Lipinski definition) is 2. The summed E-state index contributed by atoms with van der Waals surface area (Å²) in [5.41, 5.74) is 4.46. The van der Waals surface area contributed by atoms with Crippen molar-refractivity contribution in [1.29, 1.82) is 0 Å². The maximum atomic E-state index is 12.6. The number of rotatable bonds is 4. The number of aryl methyl sites for hydroxylation is 1. The molecular weight excluding hydrogens is 322 g/mol. The Labute approximate surface area is 154 Å². The quantitative estimate of drug-likeness (QED) is 0.738. The number of H-pyrrole nitrogens is 1. The van der Waals surface area contributed by atoms with Gasteiger partial charge in [0.15, 0.2) is 0 Å². The van der Waals surface area contributed by atoms with Crippen molar-refractivity contribution < 1.29 is 4.79 Å². The molecule has 26 heavy (non-hydrogen) atoms. The average molecular weight is 347 g/mol. The van der Waals surface area contributed by atoms with Gasteiger partial charge in [-0.1, -0.05) is 30.3 Å². The summed E-state index contributed by atoms with van der Waals surface area (Å²) in [5.74, 6) is 0.252. The maximum Gasteiger partial charge on any atom is 0.227 e. The molecule has 0 saturated carbocycles. The molecule has 0 spiro atoms. The normalized spacial score (nSPS) is 16.0. The van der Waals surface area contributed by atoms with Crippen LogP contribution in [0.25, 0.3) is 10.9 Å². The van der Waals surface area contributed by atoms with E-state index >= 15 is 0 Å². The summed E-state index contributed by atoms with van der Waals surface area (Å²) >= 11 is 0. The summed E-state index contributed by atoms with van der Waals surface area (Å²) in [6.07, 6.45) is 1.84. The zero-order valence-corrected chi connectivity index (χ0v) is 15.2. The molecule has 0 atom stereocenters. The predicted molar refractivity (Wildman–Crippen MR) is 106 cm³/mol. The number of nitrogens with one attached hydrogen (secondary N) is 2. The lowest BCUT2D eigenvalue weighted by Gasteiger charge is -2.31. The number of carbonyl (C=O) groups is 1. The largest absolute Gasteiger partial charge is 0.359 e. The standard InChI is InChI=1S/C22H25N3O/c1-16-13-19-14-20(7-8-21(19)23-16)24-22(26)18-9-11-25(12-10-18)15-17-5-3-2-4-6-17/h2-8,13-14,18,23H,9-12,15H2,1H3,(H,24,26). The fourth-order valence-corrected chi connectivity index (χ4v) is 3.79. The summed E-state index contributed by atoms with van der Waals surface area (Å²) < 4.78 is 0. The van der Waals surface area contributed by atoms with E-state index in [0.29, 0.717) is 0 Å². The maximum absolute atomic E-state index is 12.6. The molecule has 3 aromatic rings. The van der Waals surface area contributed by atoms with E-state index in [9.17, 15) is 4.79 Å². The highest BCUT2D eigenvalue weighted by molar-refractivity contribution is 5.95. The molecule has 4 heteroatoms. The van der Waals surface area contributed by atoms with Crippen LogP contribution in [0.2, 0.25) is 0 Å². The number of anilines is 1. The van der Waals surface area contributed by atoms with Crippen LogP contribution in [-0.2, 0) is 11.3 Å². The Balaban J connectivity index is 1.32. The van der Waals surface area contributed by atoms with Crippen LogP contribution in [0.15, 0.2) is 54.6 Å². The first kappa shape index (κ1) is 16.9. The number of aromatic nitrogens is 1. The second kappa shape index (κ2) is 7.34. The number of aromatic amines is 1. The Kier molecular flexibility index (Phi) is 4.76. The SMILES string of the molecule is Cc1cc2cc(NC(=O)C3CCN(Cc4ccccc4)CC3)ccc2[nH]1. The van der Waals surface area contributed by atoms with Crippen molar-refractivity contribution in [3.05, 3.63) is 65.9 Å². The van der Waals surface area contributed by atoms with Gasteiger partial charge in [0.1, 0.15) is 0 Å². The zero-order chi connectivity index (χ0) is 17.9. The number of benzene rings is 2. The van der Waals surface area contributed by atoms with E-state index in [4.69, 9.17) is 0 Å². The number of amides is 1. The van der Waals surface area contributed by atoms with Gasteiger partial charge in [-0.25, -0.2) is 0 Å². The molecule has 0 aliphatic carbocycles. The van der Waals surface area contributed by atoms with Gasteiger partial charge < -0.3 is 10.3 Å². The summed E-state index contributed by atoms with van der Waals surface area (Å²) in [7, 11) is 0. The van der Waals surface area contributed by atoms with Gasteiger partial charge in [0.05, 0.1) is 0 Å². The second-order valence-corrected chi connectivity index (χ2v) is 7.28. The number of fused-ring (bicyclic) bond motifs is 1. The molecule has 2 aromatic carbocycles. The van der Waals surface area contributed by atoms with Crippen molar-refractivity contribution in [3.8, 4) is 0 Å². The third-order valence-electron chi connectivity index (χ3n) is 5.23. The van der Waals surface area contributed by atoms with E-state index in [1.165, 1.54) is 5.56 Å². The van der Waals surface area contributed by atoms with E-state index in [-0.39, 0.29) is 11.8 Å². The monoisotopic (exact) mass is 347 g/mol. The lowest BCUT2D eigenvalue weighted by atomic mass is 9.95. The summed E-state index contributed by atoms with van der Waals surface area (Å²) in [6, 6.07) is 18.7. The molecule has 1 aliphatic heterocycles. The van der Waals surface area contributed by atoms with Crippen LogP contribution in [0.5, 0.6) is 0 Å². The molecule has 0 unspecified atom stereocenters. The minimum atomic E-state index is 0.102. The third-order valence-corrected chi connectivity index (χ3v) is 5.23. The second-order valence-electron chi connectivity index (χ2n) is 7.28. The Hall–Kier alpha value is -2.59. The fraction of sp³-hybridized carbons (Fsp3) is 0.318. The molecule has 0 bridgehead atoms. The van der Waals surface area contributed by atoms with Gasteiger partial charge in [-0.3, -0.25) is 9.69 Å². The highest BCUT2D eigenvalue weighted by Crippen LogP contribution is 2.23. The fourth-order valence-electron chi connectivity index (χ4n) is 3.79. The first-order valence-corrected chi connectivity index (χ1v) is 9.34. The highest BCUT2D eigenvalue weighted by atomic mass is 16.1. The van der Waals surface area contributed by atoms with Crippen LogP contribution >= 0.6 is 0 Å². The zero-order valence-electron chi connectivity index (χ0n) is 15.2. The minimum absolute atomic E-state index is 0.102. The van der Waals surface area contributed by atoms with Crippen LogP contribution in [0.4, 0.5) is 5.69 Å². The first-order chi connectivity index (χ1) is 12.7. The van der Waals surface area contributed by atoms with Gasteiger partial charge in [0.2, 0.25) is 5.91 Å². The van der Waals surface area contributed by atoms with Crippen LogP contribution < -0.4 is 5.32 Å². The number of carbonyl (C=O) groups excluding carboxylic acids is 1. The van der Waals surface area contributed by atoms with E-state index < -0.39 is 0 Å². The molecule has 1 saturated heterocycles. The Bertz CT molecular complexity index is 892. The van der Waals surface area contributed by atoms with Gasteiger partial charge in [-0.05, 0) is 62.7 Å². The van der Waals surface area contributed by atoms with Crippen molar-refractivity contribution >= 4 is 22.5 Å². The van der Waals surface area contributed by atoms with Gasteiger partial charge in [0, 0.05) is 34.7 Å². The molecule has 2 N–H and O–H groups in total. The number of nitrogens with zero attached hydrogens (tertiary/aromatic N) is 1. The van der Waals surface area contributed by atoms with Crippen LogP contribution in [0.1, 0.15) is 24.1 Å². The smallest absolute Gasteiger partial charge is 0.227 e. The molecule has 1 aromatic heterocycles. The molecule has 1 fully saturated rings. The Morgan fingerprint density at radius 1 is 1.12 bits per heavy atom. The van der Waals surface area contributed by atoms with E-state index in [1.807, 2.05) is 31.2 Å². The molecule has 1 aliphatic rings. The van der Waals surface area contributed by atoms with Crippen molar-refractivity contribution in [1.82, 2.24) is 9.88 Å². The summed E-state index contributed by atoms with van der Waals surface area (Å²) in [6.45, 7) is 4.96. The van der Waals surface area contributed by atoms with E-state index in [1.54, 1.807) is 0 Å².